The molecule has 1 aromatic rings. The van der Waals surface area contributed by atoms with E-state index < -0.39 is 22.2 Å². The van der Waals surface area contributed by atoms with Gasteiger partial charge in [-0.05, 0) is 25.1 Å². The third kappa shape index (κ3) is 5.98. The minimum atomic E-state index is -3.91. The van der Waals surface area contributed by atoms with Crippen LogP contribution in [0.4, 0.5) is 0 Å². The van der Waals surface area contributed by atoms with Crippen LogP contribution in [0, 0.1) is 17.8 Å². The average molecular weight is 453 g/mol. The summed E-state index contributed by atoms with van der Waals surface area (Å²) in [5.74, 6) is 5.71. The summed E-state index contributed by atoms with van der Waals surface area (Å²) in [6, 6.07) is 4.10. The number of carbonyl (C=O) groups is 1. The lowest BCUT2D eigenvalue weighted by Crippen LogP contribution is -2.50. The second kappa shape index (κ2) is 11.0. The van der Waals surface area contributed by atoms with Gasteiger partial charge in [-0.25, -0.2) is 8.42 Å². The van der Waals surface area contributed by atoms with E-state index in [0.29, 0.717) is 18.5 Å². The van der Waals surface area contributed by atoms with E-state index in [0.717, 1.165) is 0 Å². The van der Waals surface area contributed by atoms with Crippen LogP contribution in [0.3, 0.4) is 0 Å². The van der Waals surface area contributed by atoms with Crippen LogP contribution in [-0.2, 0) is 19.6 Å². The lowest BCUT2D eigenvalue weighted by Gasteiger charge is -2.37. The zero-order chi connectivity index (χ0) is 23.2. The van der Waals surface area contributed by atoms with Crippen LogP contribution in [0.2, 0.25) is 0 Å². The lowest BCUT2D eigenvalue weighted by atomic mass is 10.0. The summed E-state index contributed by atoms with van der Waals surface area (Å²) in [4.78, 5) is 13.7. The minimum absolute atomic E-state index is 0.0199. The van der Waals surface area contributed by atoms with Gasteiger partial charge in [0.25, 0.3) is 0 Å². The van der Waals surface area contributed by atoms with Crippen molar-refractivity contribution in [2.24, 2.45) is 5.92 Å². The van der Waals surface area contributed by atoms with Gasteiger partial charge < -0.3 is 19.5 Å². The topological polar surface area (TPSA) is 96.4 Å². The first-order valence-corrected chi connectivity index (χ1v) is 11.7. The predicted octanol–water partition coefficient (Wildman–Crippen LogP) is 1.32. The summed E-state index contributed by atoms with van der Waals surface area (Å²) in [5, 5.41) is 9.68. The molecule has 0 aromatic heterocycles. The van der Waals surface area contributed by atoms with Gasteiger partial charge >= 0.3 is 0 Å². The number of amides is 1. The van der Waals surface area contributed by atoms with E-state index in [9.17, 15) is 18.3 Å². The Morgan fingerprint density at radius 3 is 2.77 bits per heavy atom. The molecule has 3 atom stereocenters. The molecule has 1 amide bonds. The maximum atomic E-state index is 13.4. The van der Waals surface area contributed by atoms with E-state index in [-0.39, 0.29) is 42.2 Å². The highest BCUT2D eigenvalue weighted by molar-refractivity contribution is 7.89. The number of hydrogen-bond donors (Lipinski definition) is 1. The van der Waals surface area contributed by atoms with Crippen LogP contribution in [0.1, 0.15) is 32.8 Å². The molecule has 0 radical (unpaired) electrons. The van der Waals surface area contributed by atoms with Gasteiger partial charge in [0.15, 0.2) is 0 Å². The summed E-state index contributed by atoms with van der Waals surface area (Å²) in [5.41, 5.74) is 0.595. The van der Waals surface area contributed by atoms with Crippen LogP contribution in [0.15, 0.2) is 23.1 Å². The Hall–Kier alpha value is -2.12. The number of sulfonamides is 1. The highest BCUT2D eigenvalue weighted by atomic mass is 32.2. The Morgan fingerprint density at radius 1 is 1.45 bits per heavy atom. The molecule has 0 spiro atoms. The quantitative estimate of drug-likeness (QED) is 0.654. The van der Waals surface area contributed by atoms with Crippen molar-refractivity contribution < 1.29 is 27.8 Å². The third-order valence-corrected chi connectivity index (χ3v) is 7.32. The van der Waals surface area contributed by atoms with Crippen molar-refractivity contribution in [2.45, 2.75) is 44.2 Å². The van der Waals surface area contributed by atoms with Crippen molar-refractivity contribution in [3.05, 3.63) is 23.8 Å². The Kier molecular flexibility index (Phi) is 8.89. The van der Waals surface area contributed by atoms with Gasteiger partial charge in [0.1, 0.15) is 23.4 Å². The Morgan fingerprint density at radius 2 is 2.16 bits per heavy atom. The number of likely N-dealkylation sites (N-methyl/N-ethyl adjacent to an activating group) is 1. The molecular formula is C22H32N2O6S. The van der Waals surface area contributed by atoms with Crippen LogP contribution < -0.4 is 4.74 Å². The van der Waals surface area contributed by atoms with E-state index in [2.05, 4.69) is 11.8 Å². The maximum Gasteiger partial charge on any atom is 0.247 e. The SMILES string of the molecule is CCC(=O)N(C)C[C@@H]1Oc2cc(C#CCOC)ccc2S(=O)(=O)N([C@@H](C)CO)C[C@H]1C. The predicted molar refractivity (Wildman–Crippen MR) is 117 cm³/mol. The molecule has 0 saturated heterocycles. The number of aliphatic hydroxyl groups excluding tert-OH is 1. The van der Waals surface area contributed by atoms with Crippen molar-refractivity contribution in [3.63, 3.8) is 0 Å². The molecule has 2 rings (SSSR count). The fourth-order valence-corrected chi connectivity index (χ4v) is 5.20. The second-order valence-electron chi connectivity index (χ2n) is 7.76. The van der Waals surface area contributed by atoms with Crippen LogP contribution in [0.5, 0.6) is 5.75 Å². The summed E-state index contributed by atoms with van der Waals surface area (Å²) < 4.78 is 39.2. The molecule has 8 nitrogen and oxygen atoms in total. The fraction of sp³-hybridized carbons (Fsp3) is 0.591. The van der Waals surface area contributed by atoms with Gasteiger partial charge in [0, 0.05) is 44.6 Å². The minimum Gasteiger partial charge on any atom is -0.487 e. The van der Waals surface area contributed by atoms with Gasteiger partial charge in [0.05, 0.1) is 13.2 Å². The number of hydrogen-bond acceptors (Lipinski definition) is 6. The number of benzene rings is 1. The molecule has 0 saturated carbocycles. The standard InChI is InChI=1S/C22H32N2O6S/c1-6-22(26)23(4)14-20-16(2)13-24(17(3)15-25)31(27,28)21-10-9-18(8-7-11-29-5)12-19(21)30-20/h9-10,12,16-17,20,25H,6,11,13-15H2,1-5H3/t16-,17+,20+/m1/s1. The molecule has 31 heavy (non-hydrogen) atoms. The van der Waals surface area contributed by atoms with Crippen molar-refractivity contribution in [1.82, 2.24) is 9.21 Å². The number of ether oxygens (including phenoxy) is 2. The van der Waals surface area contributed by atoms with E-state index >= 15 is 0 Å². The van der Waals surface area contributed by atoms with Gasteiger partial charge in [-0.15, -0.1) is 0 Å². The van der Waals surface area contributed by atoms with Gasteiger partial charge in [0.2, 0.25) is 15.9 Å². The second-order valence-corrected chi connectivity index (χ2v) is 9.62. The molecule has 1 heterocycles. The molecule has 1 aromatic carbocycles. The lowest BCUT2D eigenvalue weighted by molar-refractivity contribution is -0.131. The van der Waals surface area contributed by atoms with Crippen LogP contribution >= 0.6 is 0 Å². The first-order chi connectivity index (χ1) is 14.6. The van der Waals surface area contributed by atoms with Crippen LogP contribution in [0.25, 0.3) is 0 Å². The number of rotatable bonds is 6. The number of fused-ring (bicyclic) bond motifs is 1. The summed E-state index contributed by atoms with van der Waals surface area (Å²) >= 11 is 0. The number of nitrogens with zero attached hydrogens (tertiary/aromatic N) is 2. The smallest absolute Gasteiger partial charge is 0.247 e. The monoisotopic (exact) mass is 452 g/mol. The largest absolute Gasteiger partial charge is 0.487 e. The normalized spacial score (nSPS) is 21.5. The highest BCUT2D eigenvalue weighted by Gasteiger charge is 2.38. The van der Waals surface area contributed by atoms with E-state index in [4.69, 9.17) is 9.47 Å². The van der Waals surface area contributed by atoms with Crippen molar-refractivity contribution in [3.8, 4) is 17.6 Å². The Bertz CT molecular complexity index is 937. The zero-order valence-electron chi connectivity index (χ0n) is 18.8. The molecule has 0 bridgehead atoms. The van der Waals surface area contributed by atoms with E-state index in [1.54, 1.807) is 45.0 Å². The van der Waals surface area contributed by atoms with Gasteiger partial charge in [-0.3, -0.25) is 4.79 Å². The molecule has 1 aliphatic heterocycles. The molecule has 1 N–H and O–H groups in total. The Labute approximate surface area is 185 Å². The maximum absolute atomic E-state index is 13.4. The zero-order valence-corrected chi connectivity index (χ0v) is 19.6. The first kappa shape index (κ1) is 25.1. The van der Waals surface area contributed by atoms with Gasteiger partial charge in [-0.1, -0.05) is 25.7 Å². The highest BCUT2D eigenvalue weighted by Crippen LogP contribution is 2.34. The molecule has 172 valence electrons. The molecule has 0 fully saturated rings. The molecule has 9 heteroatoms. The number of carbonyl (C=O) groups excluding carboxylic acids is 1. The molecule has 0 aliphatic carbocycles. The van der Waals surface area contributed by atoms with Crippen LogP contribution in [-0.4, -0.2) is 81.2 Å². The molecule has 1 aliphatic rings. The fourth-order valence-electron chi connectivity index (χ4n) is 3.37. The summed E-state index contributed by atoms with van der Waals surface area (Å²) in [6.07, 6.45) is -0.0690. The van der Waals surface area contributed by atoms with E-state index in [1.165, 1.54) is 10.4 Å². The van der Waals surface area contributed by atoms with Crippen molar-refractivity contribution in [1.29, 1.82) is 0 Å². The van der Waals surface area contributed by atoms with Gasteiger partial charge in [-0.2, -0.15) is 4.31 Å². The van der Waals surface area contributed by atoms with Crippen molar-refractivity contribution in [2.75, 3.05) is 40.5 Å². The average Bonchev–Trinajstić information content (AvgIpc) is 2.75. The Balaban J connectivity index is 2.56. The third-order valence-electron chi connectivity index (χ3n) is 5.30. The summed E-state index contributed by atoms with van der Waals surface area (Å²) in [6.45, 7) is 5.77. The number of aliphatic hydroxyl groups is 1. The first-order valence-electron chi connectivity index (χ1n) is 10.3. The number of methoxy groups -OCH3 is 1. The molecule has 0 unspecified atom stereocenters. The van der Waals surface area contributed by atoms with Crippen molar-refractivity contribution >= 4 is 15.9 Å². The summed E-state index contributed by atoms with van der Waals surface area (Å²) in [7, 11) is -0.656. The van der Waals surface area contributed by atoms with E-state index in [1.807, 2.05) is 6.92 Å². The molecular weight excluding hydrogens is 420 g/mol.